The summed E-state index contributed by atoms with van der Waals surface area (Å²) < 4.78 is 5.69. The van der Waals surface area contributed by atoms with Crippen molar-refractivity contribution < 1.29 is 4.42 Å². The van der Waals surface area contributed by atoms with Crippen LogP contribution in [0.25, 0.3) is 0 Å². The average Bonchev–Trinajstić information content (AvgIpc) is 3.06. The van der Waals surface area contributed by atoms with Crippen molar-refractivity contribution in [1.29, 1.82) is 0 Å². The zero-order chi connectivity index (χ0) is 11.7. The lowest BCUT2D eigenvalue weighted by atomic mass is 9.87. The van der Waals surface area contributed by atoms with E-state index in [1.165, 1.54) is 32.2 Å². The summed E-state index contributed by atoms with van der Waals surface area (Å²) >= 11 is 0. The molecule has 2 unspecified atom stereocenters. The second-order valence-electron chi connectivity index (χ2n) is 5.39. The van der Waals surface area contributed by atoms with Crippen molar-refractivity contribution in [3.63, 3.8) is 0 Å². The average molecular weight is 234 g/mol. The summed E-state index contributed by atoms with van der Waals surface area (Å²) in [5, 5.41) is 3.34. The van der Waals surface area contributed by atoms with E-state index < -0.39 is 0 Å². The van der Waals surface area contributed by atoms with Crippen LogP contribution in [0.4, 0.5) is 0 Å². The Bertz CT molecular complexity index is 343. The number of hydrogen-bond acceptors (Lipinski definition) is 3. The zero-order valence-corrected chi connectivity index (χ0v) is 10.6. The summed E-state index contributed by atoms with van der Waals surface area (Å²) in [5.41, 5.74) is 0. The maximum absolute atomic E-state index is 5.69. The van der Waals surface area contributed by atoms with Crippen LogP contribution in [0.2, 0.25) is 0 Å². The summed E-state index contributed by atoms with van der Waals surface area (Å²) in [5.74, 6) is 1.86. The monoisotopic (exact) mass is 234 g/mol. The largest absolute Gasteiger partial charge is 0.468 e. The quantitative estimate of drug-likeness (QED) is 0.867. The molecule has 3 rings (SSSR count). The van der Waals surface area contributed by atoms with Gasteiger partial charge in [0.15, 0.2) is 0 Å². The van der Waals surface area contributed by atoms with Gasteiger partial charge in [-0.2, -0.15) is 0 Å². The zero-order valence-electron chi connectivity index (χ0n) is 10.6. The highest BCUT2D eigenvalue weighted by Crippen LogP contribution is 2.42. The summed E-state index contributed by atoms with van der Waals surface area (Å²) in [6.07, 6.45) is 7.22. The molecular formula is C14H22N2O. The smallest absolute Gasteiger partial charge is 0.121 e. The highest BCUT2D eigenvalue weighted by molar-refractivity contribution is 5.10. The predicted octanol–water partition coefficient (Wildman–Crippen LogP) is 2.41. The first kappa shape index (κ1) is 11.3. The topological polar surface area (TPSA) is 28.4 Å². The number of rotatable bonds is 4. The molecule has 1 aliphatic heterocycles. The van der Waals surface area contributed by atoms with Crippen LogP contribution in [0.1, 0.15) is 37.5 Å². The number of hydrogen-bond donors (Lipinski definition) is 1. The fourth-order valence-electron chi connectivity index (χ4n) is 3.25. The Morgan fingerprint density at radius 3 is 2.94 bits per heavy atom. The maximum Gasteiger partial charge on any atom is 0.121 e. The van der Waals surface area contributed by atoms with Crippen molar-refractivity contribution in [1.82, 2.24) is 10.2 Å². The molecule has 3 heteroatoms. The minimum Gasteiger partial charge on any atom is -0.468 e. The molecule has 2 fully saturated rings. The Labute approximate surface area is 103 Å². The molecule has 0 aromatic carbocycles. The third kappa shape index (κ3) is 2.26. The molecule has 17 heavy (non-hydrogen) atoms. The number of nitrogens with one attached hydrogen (secondary N) is 1. The van der Waals surface area contributed by atoms with E-state index >= 15 is 0 Å². The number of piperidine rings is 1. The normalized spacial score (nSPS) is 30.6. The van der Waals surface area contributed by atoms with Crippen molar-refractivity contribution >= 4 is 0 Å². The Morgan fingerprint density at radius 1 is 1.41 bits per heavy atom. The molecule has 2 heterocycles. The van der Waals surface area contributed by atoms with Crippen molar-refractivity contribution in [3.05, 3.63) is 24.2 Å². The Balaban J connectivity index is 1.83. The SMILES string of the molecule is CNCC1CCCN(C2CC2)C1c1ccco1. The predicted molar refractivity (Wildman–Crippen MR) is 67.8 cm³/mol. The molecule has 1 N–H and O–H groups in total. The van der Waals surface area contributed by atoms with Gasteiger partial charge >= 0.3 is 0 Å². The number of likely N-dealkylation sites (tertiary alicyclic amines) is 1. The van der Waals surface area contributed by atoms with Gasteiger partial charge in [0, 0.05) is 6.04 Å². The number of nitrogens with zero attached hydrogens (tertiary/aromatic N) is 1. The van der Waals surface area contributed by atoms with Crippen LogP contribution >= 0.6 is 0 Å². The van der Waals surface area contributed by atoms with E-state index in [4.69, 9.17) is 4.42 Å². The fraction of sp³-hybridized carbons (Fsp3) is 0.714. The lowest BCUT2D eigenvalue weighted by Gasteiger charge is -2.40. The van der Waals surface area contributed by atoms with Crippen LogP contribution in [0.3, 0.4) is 0 Å². The summed E-state index contributed by atoms with van der Waals surface area (Å²) in [4.78, 5) is 2.68. The molecule has 2 aliphatic rings. The van der Waals surface area contributed by atoms with Gasteiger partial charge in [0.1, 0.15) is 5.76 Å². The molecule has 1 saturated heterocycles. The molecule has 1 aliphatic carbocycles. The van der Waals surface area contributed by atoms with E-state index in [1.807, 2.05) is 12.3 Å². The van der Waals surface area contributed by atoms with Gasteiger partial charge in [-0.25, -0.2) is 0 Å². The summed E-state index contributed by atoms with van der Waals surface area (Å²) in [6.45, 7) is 2.34. The molecule has 1 aromatic heterocycles. The van der Waals surface area contributed by atoms with Gasteiger partial charge in [-0.3, -0.25) is 4.90 Å². The highest BCUT2D eigenvalue weighted by Gasteiger charge is 2.41. The second-order valence-corrected chi connectivity index (χ2v) is 5.39. The molecule has 0 radical (unpaired) electrons. The Hall–Kier alpha value is -0.800. The van der Waals surface area contributed by atoms with Crippen molar-refractivity contribution in [2.45, 2.75) is 37.8 Å². The first-order valence-corrected chi connectivity index (χ1v) is 6.84. The molecule has 1 aromatic rings. The standard InChI is InChI=1S/C14H22N2O/c1-15-10-11-4-2-8-16(12-6-7-12)14(11)13-5-3-9-17-13/h3,5,9,11-12,14-15H,2,4,6-8,10H2,1H3. The molecule has 0 bridgehead atoms. The van der Waals surface area contributed by atoms with Crippen LogP contribution in [0.5, 0.6) is 0 Å². The van der Waals surface area contributed by atoms with Gasteiger partial charge in [-0.1, -0.05) is 0 Å². The van der Waals surface area contributed by atoms with E-state index in [0.29, 0.717) is 12.0 Å². The van der Waals surface area contributed by atoms with E-state index in [2.05, 4.69) is 23.3 Å². The molecule has 0 spiro atoms. The van der Waals surface area contributed by atoms with Crippen LogP contribution < -0.4 is 5.32 Å². The van der Waals surface area contributed by atoms with Gasteiger partial charge < -0.3 is 9.73 Å². The maximum atomic E-state index is 5.69. The fourth-order valence-corrected chi connectivity index (χ4v) is 3.25. The van der Waals surface area contributed by atoms with Crippen molar-refractivity contribution in [3.8, 4) is 0 Å². The minimum absolute atomic E-state index is 0.499. The number of furan rings is 1. The first-order chi connectivity index (χ1) is 8.40. The summed E-state index contributed by atoms with van der Waals surface area (Å²) in [6, 6.07) is 5.49. The van der Waals surface area contributed by atoms with Gasteiger partial charge in [-0.15, -0.1) is 0 Å². The van der Waals surface area contributed by atoms with Crippen molar-refractivity contribution in [2.75, 3.05) is 20.1 Å². The van der Waals surface area contributed by atoms with Gasteiger partial charge in [0.2, 0.25) is 0 Å². The minimum atomic E-state index is 0.499. The Kier molecular flexibility index (Phi) is 3.21. The van der Waals surface area contributed by atoms with Gasteiger partial charge in [0.25, 0.3) is 0 Å². The molecule has 2 atom stereocenters. The van der Waals surface area contributed by atoms with Crippen LogP contribution in [-0.4, -0.2) is 31.1 Å². The third-order valence-electron chi connectivity index (χ3n) is 4.11. The highest BCUT2D eigenvalue weighted by atomic mass is 16.3. The van der Waals surface area contributed by atoms with E-state index in [9.17, 15) is 0 Å². The second kappa shape index (κ2) is 4.83. The molecule has 94 valence electrons. The molecule has 1 saturated carbocycles. The molecular weight excluding hydrogens is 212 g/mol. The van der Waals surface area contributed by atoms with Crippen LogP contribution in [-0.2, 0) is 0 Å². The first-order valence-electron chi connectivity index (χ1n) is 6.84. The van der Waals surface area contributed by atoms with E-state index in [-0.39, 0.29) is 0 Å². The van der Waals surface area contributed by atoms with Gasteiger partial charge in [-0.05, 0) is 63.9 Å². The van der Waals surface area contributed by atoms with E-state index in [1.54, 1.807) is 0 Å². The van der Waals surface area contributed by atoms with Crippen LogP contribution in [0, 0.1) is 5.92 Å². The lowest BCUT2D eigenvalue weighted by molar-refractivity contribution is 0.0689. The Morgan fingerprint density at radius 2 is 2.29 bits per heavy atom. The van der Waals surface area contributed by atoms with Gasteiger partial charge in [0.05, 0.1) is 12.3 Å². The van der Waals surface area contributed by atoms with Crippen LogP contribution in [0.15, 0.2) is 22.8 Å². The van der Waals surface area contributed by atoms with E-state index in [0.717, 1.165) is 18.3 Å². The molecule has 3 nitrogen and oxygen atoms in total. The third-order valence-corrected chi connectivity index (χ3v) is 4.11. The lowest BCUT2D eigenvalue weighted by Crippen LogP contribution is -2.43. The molecule has 0 amide bonds. The summed E-state index contributed by atoms with van der Waals surface area (Å²) in [7, 11) is 2.05. The van der Waals surface area contributed by atoms with Crippen molar-refractivity contribution in [2.24, 2.45) is 5.92 Å².